The van der Waals surface area contributed by atoms with Crippen LogP contribution < -0.4 is 20.1 Å². The highest BCUT2D eigenvalue weighted by molar-refractivity contribution is 9.10. The molecule has 8 nitrogen and oxygen atoms in total. The molecule has 0 bridgehead atoms. The number of allylic oxidation sites excluding steroid dienone is 1. The third-order valence-corrected chi connectivity index (χ3v) is 10.5. The predicted molar refractivity (Wildman–Crippen MR) is 204 cm³/mol. The minimum absolute atomic E-state index is 0.251. The van der Waals surface area contributed by atoms with Gasteiger partial charge in [-0.1, -0.05) is 81.8 Å². The number of nitrogens with one attached hydrogen (secondary N) is 2. The van der Waals surface area contributed by atoms with Crippen LogP contribution in [-0.4, -0.2) is 27.3 Å². The summed E-state index contributed by atoms with van der Waals surface area (Å²) >= 11 is 15.2. The Balaban J connectivity index is 1.40. The van der Waals surface area contributed by atoms with Gasteiger partial charge in [-0.15, -0.1) is 5.10 Å². The summed E-state index contributed by atoms with van der Waals surface area (Å²) in [7, 11) is 0. The van der Waals surface area contributed by atoms with Gasteiger partial charge in [0.15, 0.2) is 11.5 Å². The lowest BCUT2D eigenvalue weighted by Crippen LogP contribution is -2.31. The number of amides is 1. The van der Waals surface area contributed by atoms with Crippen molar-refractivity contribution in [1.29, 1.82) is 0 Å². The fraction of sp³-hybridized carbons (Fsp3) is 0.216. The number of carbonyl (C=O) groups excluding carboxylic acids is 1. The van der Waals surface area contributed by atoms with E-state index >= 15 is 0 Å². The van der Waals surface area contributed by atoms with Crippen molar-refractivity contribution in [3.8, 4) is 11.5 Å². The number of ether oxygens (including phenoxy) is 2. The summed E-state index contributed by atoms with van der Waals surface area (Å²) < 4.78 is 15.9. The number of benzene rings is 4. The van der Waals surface area contributed by atoms with Gasteiger partial charge in [0, 0.05) is 26.6 Å². The first-order valence-electron chi connectivity index (χ1n) is 15.6. The molecule has 12 heteroatoms. The fourth-order valence-corrected chi connectivity index (χ4v) is 7.70. The Hall–Kier alpha value is -3.77. The number of aryl methyl sites for hydroxylation is 1. The Morgan fingerprint density at radius 2 is 1.82 bits per heavy atom. The number of halogens is 3. The van der Waals surface area contributed by atoms with Crippen molar-refractivity contribution in [2.75, 3.05) is 17.2 Å². The highest BCUT2D eigenvalue weighted by Gasteiger charge is 2.36. The van der Waals surface area contributed by atoms with E-state index in [-0.39, 0.29) is 5.91 Å². The molecule has 1 unspecified atom stereocenters. The number of nitrogens with zero attached hydrogens (tertiary/aromatic N) is 3. The van der Waals surface area contributed by atoms with Crippen LogP contribution in [0.25, 0.3) is 0 Å². The molecule has 0 saturated heterocycles. The number of anilines is 2. The van der Waals surface area contributed by atoms with E-state index in [0.717, 1.165) is 38.0 Å². The molecule has 1 aromatic heterocycles. The van der Waals surface area contributed by atoms with Gasteiger partial charge in [0.1, 0.15) is 12.6 Å². The molecule has 0 saturated carbocycles. The number of hydrogen-bond acceptors (Lipinski definition) is 7. The fourth-order valence-electron chi connectivity index (χ4n) is 5.56. The summed E-state index contributed by atoms with van der Waals surface area (Å²) in [5, 5.41) is 12.7. The molecular formula is C37H34Br2ClN5O3S. The third kappa shape index (κ3) is 7.85. The van der Waals surface area contributed by atoms with Crippen molar-refractivity contribution in [3.63, 3.8) is 0 Å². The van der Waals surface area contributed by atoms with E-state index in [4.69, 9.17) is 31.2 Å². The van der Waals surface area contributed by atoms with Crippen LogP contribution in [0.4, 0.5) is 11.6 Å². The summed E-state index contributed by atoms with van der Waals surface area (Å²) in [6, 6.07) is 24.8. The maximum absolute atomic E-state index is 14.3. The Labute approximate surface area is 311 Å². The number of carbonyl (C=O) groups is 1. The molecule has 1 amide bonds. The van der Waals surface area contributed by atoms with Gasteiger partial charge in [0.05, 0.1) is 16.7 Å². The minimum Gasteiger partial charge on any atom is -0.490 e. The van der Waals surface area contributed by atoms with Gasteiger partial charge >= 0.3 is 0 Å². The highest BCUT2D eigenvalue weighted by Crippen LogP contribution is 2.44. The monoisotopic (exact) mass is 821 g/mol. The van der Waals surface area contributed by atoms with Crippen LogP contribution in [0.3, 0.4) is 0 Å². The summed E-state index contributed by atoms with van der Waals surface area (Å²) in [6.45, 7) is 8.59. The molecular weight excluding hydrogens is 790 g/mol. The van der Waals surface area contributed by atoms with Crippen molar-refractivity contribution in [1.82, 2.24) is 14.8 Å². The summed E-state index contributed by atoms with van der Waals surface area (Å²) in [6.07, 6.45) is 0. The molecule has 0 fully saturated rings. The standard InChI is InChI=1S/C37H34Br2ClN5O3S/c1-5-47-31-18-26(17-28(39)34(31)48-19-24-11-9-13-27(38)16-24)33-32(35(46)42-30-15-8-10-21(2)22(30)3)23(4)41-36-43-37(44-45(33)36)49-20-25-12-6-7-14-29(25)40/h6-18,33H,5,19-20H2,1-4H3,(H,42,46)(H,41,43,44). The molecule has 0 aliphatic carbocycles. The van der Waals surface area contributed by atoms with Gasteiger partial charge in [0.25, 0.3) is 5.91 Å². The van der Waals surface area contributed by atoms with Crippen LogP contribution in [0, 0.1) is 13.8 Å². The first-order valence-corrected chi connectivity index (χ1v) is 18.6. The van der Waals surface area contributed by atoms with Crippen LogP contribution in [-0.2, 0) is 17.2 Å². The molecule has 1 aliphatic rings. The molecule has 4 aromatic carbocycles. The van der Waals surface area contributed by atoms with E-state index < -0.39 is 6.04 Å². The van der Waals surface area contributed by atoms with Crippen molar-refractivity contribution in [2.45, 2.75) is 51.3 Å². The zero-order chi connectivity index (χ0) is 34.7. The quantitative estimate of drug-likeness (QED) is 0.128. The molecule has 6 rings (SSSR count). The molecule has 5 aromatic rings. The van der Waals surface area contributed by atoms with Crippen LogP contribution in [0.5, 0.6) is 11.5 Å². The number of fused-ring (bicyclic) bond motifs is 1. The molecule has 49 heavy (non-hydrogen) atoms. The largest absolute Gasteiger partial charge is 0.490 e. The average Bonchev–Trinajstić information content (AvgIpc) is 3.47. The lowest BCUT2D eigenvalue weighted by atomic mass is 9.94. The average molecular weight is 824 g/mol. The predicted octanol–water partition coefficient (Wildman–Crippen LogP) is 10.3. The summed E-state index contributed by atoms with van der Waals surface area (Å²) in [4.78, 5) is 19.1. The second-order valence-electron chi connectivity index (χ2n) is 11.5. The number of hydrogen-bond donors (Lipinski definition) is 2. The molecule has 2 N–H and O–H groups in total. The summed E-state index contributed by atoms with van der Waals surface area (Å²) in [5.41, 5.74) is 6.76. The van der Waals surface area contributed by atoms with Crippen molar-refractivity contribution in [3.05, 3.63) is 132 Å². The van der Waals surface area contributed by atoms with Gasteiger partial charge in [-0.2, -0.15) is 4.98 Å². The van der Waals surface area contributed by atoms with E-state index in [1.54, 1.807) is 4.68 Å². The van der Waals surface area contributed by atoms with Crippen molar-refractivity contribution < 1.29 is 14.3 Å². The van der Waals surface area contributed by atoms with E-state index in [1.165, 1.54) is 11.8 Å². The van der Waals surface area contributed by atoms with Crippen molar-refractivity contribution in [2.24, 2.45) is 0 Å². The lowest BCUT2D eigenvalue weighted by Gasteiger charge is -2.29. The Kier molecular flexibility index (Phi) is 11.0. The number of thioether (sulfide) groups is 1. The highest BCUT2D eigenvalue weighted by atomic mass is 79.9. The van der Waals surface area contributed by atoms with Gasteiger partial charge in [-0.3, -0.25) is 4.79 Å². The van der Waals surface area contributed by atoms with Crippen LogP contribution in [0.15, 0.2) is 104 Å². The topological polar surface area (TPSA) is 90.3 Å². The zero-order valence-corrected chi connectivity index (χ0v) is 32.1. The van der Waals surface area contributed by atoms with E-state index in [9.17, 15) is 4.79 Å². The number of aromatic nitrogens is 3. The first-order chi connectivity index (χ1) is 23.6. The maximum Gasteiger partial charge on any atom is 0.255 e. The van der Waals surface area contributed by atoms with Crippen LogP contribution >= 0.6 is 55.2 Å². The second-order valence-corrected chi connectivity index (χ2v) is 14.6. The Morgan fingerprint density at radius 1 is 1.02 bits per heavy atom. The lowest BCUT2D eigenvalue weighted by molar-refractivity contribution is -0.113. The molecule has 2 heterocycles. The molecule has 1 aliphatic heterocycles. The third-order valence-electron chi connectivity index (χ3n) is 8.16. The normalized spacial score (nSPS) is 13.9. The Bertz CT molecular complexity index is 2070. The van der Waals surface area contributed by atoms with Crippen molar-refractivity contribution >= 4 is 72.8 Å². The smallest absolute Gasteiger partial charge is 0.255 e. The first kappa shape index (κ1) is 35.1. The van der Waals surface area contributed by atoms with E-state index in [0.29, 0.717) is 62.3 Å². The van der Waals surface area contributed by atoms with Gasteiger partial charge in [-0.05, 0) is 108 Å². The summed E-state index contributed by atoms with van der Waals surface area (Å²) in [5.74, 6) is 1.97. The zero-order valence-electron chi connectivity index (χ0n) is 27.3. The van der Waals surface area contributed by atoms with E-state index in [1.807, 2.05) is 107 Å². The van der Waals surface area contributed by atoms with E-state index in [2.05, 4.69) is 42.5 Å². The molecule has 0 spiro atoms. The van der Waals surface area contributed by atoms with Crippen LogP contribution in [0.2, 0.25) is 5.02 Å². The molecule has 0 radical (unpaired) electrons. The van der Waals surface area contributed by atoms with Gasteiger partial charge in [-0.25, -0.2) is 4.68 Å². The van der Waals surface area contributed by atoms with Gasteiger partial charge in [0.2, 0.25) is 11.1 Å². The number of rotatable bonds is 11. The SMILES string of the molecule is CCOc1cc(C2C(C(=O)Nc3cccc(C)c3C)=C(C)Nc3nc(SCc4ccccc4Cl)nn32)cc(Br)c1OCc1cccc(Br)c1. The van der Waals surface area contributed by atoms with Gasteiger partial charge < -0.3 is 20.1 Å². The second kappa shape index (κ2) is 15.4. The van der Waals surface area contributed by atoms with Crippen LogP contribution in [0.1, 0.15) is 47.7 Å². The Morgan fingerprint density at radius 3 is 2.59 bits per heavy atom. The minimum atomic E-state index is -0.641. The molecule has 1 atom stereocenters. The maximum atomic E-state index is 14.3. The molecule has 252 valence electrons.